The third kappa shape index (κ3) is 10.2. The van der Waals surface area contributed by atoms with Crippen molar-refractivity contribution in [2.75, 3.05) is 33.1 Å². The van der Waals surface area contributed by atoms with Crippen LogP contribution < -0.4 is 5.32 Å². The van der Waals surface area contributed by atoms with Crippen molar-refractivity contribution >= 4 is 28.4 Å². The van der Waals surface area contributed by atoms with Crippen molar-refractivity contribution in [2.24, 2.45) is 0 Å². The lowest BCUT2D eigenvalue weighted by Gasteiger charge is -2.34. The highest BCUT2D eigenvalue weighted by Crippen LogP contribution is 2.44. The van der Waals surface area contributed by atoms with Crippen LogP contribution in [0.4, 0.5) is 14.4 Å². The Balaban J connectivity index is 1.56. The van der Waals surface area contributed by atoms with Crippen LogP contribution >= 0.6 is 0 Å². The Hall–Kier alpha value is -4.62. The summed E-state index contributed by atoms with van der Waals surface area (Å²) in [7, 11) is -2.45. The number of alkyl carbamates (subject to hydrolysis) is 1. The molecule has 1 unspecified atom stereocenters. The van der Waals surface area contributed by atoms with Gasteiger partial charge in [0.25, 0.3) is 10.1 Å². The van der Waals surface area contributed by atoms with Gasteiger partial charge < -0.3 is 19.5 Å². The molecule has 0 aliphatic heterocycles. The summed E-state index contributed by atoms with van der Waals surface area (Å²) in [4.78, 5) is 39.8. The molecule has 0 bridgehead atoms. The molecule has 3 aromatic carbocycles. The number of nitrogens with zero attached hydrogens (tertiary/aromatic N) is 2. The number of rotatable bonds is 11. The zero-order valence-corrected chi connectivity index (χ0v) is 28.0. The molecule has 47 heavy (non-hydrogen) atoms. The molecular weight excluding hydrogens is 626 g/mol. The molecular formula is C34H41N3O9S. The monoisotopic (exact) mass is 667 g/mol. The first-order valence-electron chi connectivity index (χ1n) is 15.1. The molecule has 3 amide bonds. The minimum atomic E-state index is -3.79. The number of hydrogen-bond acceptors (Lipinski definition) is 9. The Morgan fingerprint density at radius 3 is 2.00 bits per heavy atom. The number of amides is 3. The topological polar surface area (TPSA) is 141 Å². The van der Waals surface area contributed by atoms with Gasteiger partial charge in [0.1, 0.15) is 18.8 Å². The molecule has 0 fully saturated rings. The fraction of sp³-hybridized carbons (Fsp3) is 0.382. The average molecular weight is 668 g/mol. The first-order chi connectivity index (χ1) is 22.2. The smallest absolute Gasteiger partial charge is 0.429 e. The van der Waals surface area contributed by atoms with Crippen LogP contribution in [-0.2, 0) is 35.1 Å². The first-order valence-corrected chi connectivity index (χ1v) is 16.9. The lowest BCUT2D eigenvalue weighted by Crippen LogP contribution is -2.54. The first kappa shape index (κ1) is 35.2. The van der Waals surface area contributed by atoms with Crippen LogP contribution in [0.1, 0.15) is 49.8 Å². The number of carbonyl (C=O) groups is 3. The number of fused-ring (bicyclic) bond motifs is 3. The van der Waals surface area contributed by atoms with Gasteiger partial charge in [-0.25, -0.2) is 24.4 Å². The van der Waals surface area contributed by atoms with Gasteiger partial charge in [0, 0.05) is 13.0 Å². The quantitative estimate of drug-likeness (QED) is 0.155. The van der Waals surface area contributed by atoms with Gasteiger partial charge in [0.2, 0.25) is 0 Å². The normalized spacial score (nSPS) is 13.1. The maximum Gasteiger partial charge on any atom is 0.429 e. The van der Waals surface area contributed by atoms with Crippen LogP contribution in [0, 0.1) is 0 Å². The summed E-state index contributed by atoms with van der Waals surface area (Å²) < 4.78 is 44.9. The molecule has 0 heterocycles. The van der Waals surface area contributed by atoms with Crippen LogP contribution in [0.25, 0.3) is 11.1 Å². The number of benzene rings is 3. The van der Waals surface area contributed by atoms with Crippen molar-refractivity contribution in [3.63, 3.8) is 0 Å². The number of nitrogens with one attached hydrogen (secondary N) is 1. The van der Waals surface area contributed by atoms with E-state index in [1.165, 1.54) is 7.05 Å². The average Bonchev–Trinajstić information content (AvgIpc) is 3.33. The molecule has 0 saturated carbocycles. The maximum atomic E-state index is 13.8. The van der Waals surface area contributed by atoms with E-state index in [1.807, 2.05) is 54.6 Å². The minimum Gasteiger partial charge on any atom is -0.447 e. The van der Waals surface area contributed by atoms with E-state index in [2.05, 4.69) is 5.32 Å². The lowest BCUT2D eigenvalue weighted by atomic mass is 9.98. The fourth-order valence-corrected chi connectivity index (χ4v) is 5.53. The van der Waals surface area contributed by atoms with Gasteiger partial charge in [-0.2, -0.15) is 8.42 Å². The van der Waals surface area contributed by atoms with Crippen molar-refractivity contribution in [1.29, 1.82) is 0 Å². The molecule has 1 aliphatic rings. The van der Waals surface area contributed by atoms with E-state index in [0.717, 1.165) is 44.1 Å². The minimum absolute atomic E-state index is 0.0301. The molecule has 13 heteroatoms. The van der Waals surface area contributed by atoms with Gasteiger partial charge in [-0.3, -0.25) is 4.18 Å². The van der Waals surface area contributed by atoms with Gasteiger partial charge in [0.15, 0.2) is 0 Å². The largest absolute Gasteiger partial charge is 0.447 e. The Labute approximate surface area is 275 Å². The van der Waals surface area contributed by atoms with E-state index >= 15 is 0 Å². The third-order valence-electron chi connectivity index (χ3n) is 7.26. The molecule has 0 radical (unpaired) electrons. The van der Waals surface area contributed by atoms with Gasteiger partial charge in [-0.05, 0) is 55.0 Å². The molecule has 3 aromatic rings. The Kier molecular flexibility index (Phi) is 11.5. The summed E-state index contributed by atoms with van der Waals surface area (Å²) >= 11 is 0. The van der Waals surface area contributed by atoms with Crippen molar-refractivity contribution in [1.82, 2.24) is 15.3 Å². The molecule has 4 rings (SSSR count). The zero-order valence-electron chi connectivity index (χ0n) is 27.2. The van der Waals surface area contributed by atoms with Gasteiger partial charge in [0.05, 0.1) is 25.4 Å². The van der Waals surface area contributed by atoms with E-state index in [-0.39, 0.29) is 38.7 Å². The molecule has 0 saturated heterocycles. The summed E-state index contributed by atoms with van der Waals surface area (Å²) in [6.07, 6.45) is -1.68. The van der Waals surface area contributed by atoms with E-state index in [1.54, 1.807) is 45.0 Å². The number of ether oxygens (including phenoxy) is 3. The number of hydrazine groups is 1. The predicted octanol–water partition coefficient (Wildman–Crippen LogP) is 5.68. The third-order valence-corrected chi connectivity index (χ3v) is 7.85. The van der Waals surface area contributed by atoms with Crippen LogP contribution in [0.15, 0.2) is 78.9 Å². The Morgan fingerprint density at radius 1 is 0.851 bits per heavy atom. The highest BCUT2D eigenvalue weighted by molar-refractivity contribution is 7.85. The second kappa shape index (κ2) is 15.3. The summed E-state index contributed by atoms with van der Waals surface area (Å²) in [5.41, 5.74) is 4.02. The van der Waals surface area contributed by atoms with Crippen molar-refractivity contribution in [3.8, 4) is 11.1 Å². The summed E-state index contributed by atoms with van der Waals surface area (Å²) in [6, 6.07) is 23.9. The van der Waals surface area contributed by atoms with Gasteiger partial charge in [-0.1, -0.05) is 78.9 Å². The summed E-state index contributed by atoms with van der Waals surface area (Å²) in [6.45, 7) is 4.37. The van der Waals surface area contributed by atoms with E-state index < -0.39 is 40.0 Å². The second-order valence-electron chi connectivity index (χ2n) is 12.1. The Morgan fingerprint density at radius 2 is 1.43 bits per heavy atom. The molecule has 1 N–H and O–H groups in total. The molecule has 1 atom stereocenters. The summed E-state index contributed by atoms with van der Waals surface area (Å²) in [5, 5.41) is 4.62. The van der Waals surface area contributed by atoms with E-state index in [9.17, 15) is 22.8 Å². The Bertz CT molecular complexity index is 1610. The molecule has 1 aliphatic carbocycles. The van der Waals surface area contributed by atoms with Gasteiger partial charge in [-0.15, -0.1) is 0 Å². The SMILES string of the molecule is CN(C(=O)OCc1ccccc1)N(CC(CCOS(C)(=O)=O)NC(=O)OC(C)(C)C)C(=O)OCC1c2ccccc2-c2ccccc21. The van der Waals surface area contributed by atoms with Crippen LogP contribution in [-0.4, -0.2) is 81.4 Å². The standard InChI is InChI=1S/C34H41N3O9S/c1-34(2,3)46-31(38)35-25(19-20-45-47(5,41)42)21-37(36(4)32(39)43-22-24-13-7-6-8-14-24)33(40)44-23-30-28-17-11-9-15-26(28)27-16-10-12-18-29(27)30/h6-18,25,30H,19-23H2,1-5H3,(H,35,38). The van der Waals surface area contributed by atoms with Crippen LogP contribution in [0.5, 0.6) is 0 Å². The number of hydrogen-bond donors (Lipinski definition) is 1. The van der Waals surface area contributed by atoms with E-state index in [4.69, 9.17) is 18.4 Å². The van der Waals surface area contributed by atoms with Crippen molar-refractivity contribution in [2.45, 2.75) is 51.4 Å². The van der Waals surface area contributed by atoms with Crippen molar-refractivity contribution < 1.29 is 41.2 Å². The summed E-state index contributed by atoms with van der Waals surface area (Å²) in [5.74, 6) is -0.248. The zero-order chi connectivity index (χ0) is 34.2. The highest BCUT2D eigenvalue weighted by Gasteiger charge is 2.33. The molecule has 0 aromatic heterocycles. The molecule has 12 nitrogen and oxygen atoms in total. The van der Waals surface area contributed by atoms with Gasteiger partial charge >= 0.3 is 18.3 Å². The highest BCUT2D eigenvalue weighted by atomic mass is 32.2. The predicted molar refractivity (Wildman–Crippen MR) is 175 cm³/mol. The number of carbonyl (C=O) groups excluding carboxylic acids is 3. The second-order valence-corrected chi connectivity index (χ2v) is 13.8. The molecule has 0 spiro atoms. The maximum absolute atomic E-state index is 13.8. The molecule has 252 valence electrons. The lowest BCUT2D eigenvalue weighted by molar-refractivity contribution is -0.0169. The van der Waals surface area contributed by atoms with Crippen molar-refractivity contribution in [3.05, 3.63) is 95.6 Å². The van der Waals surface area contributed by atoms with E-state index in [0.29, 0.717) is 0 Å². The fourth-order valence-electron chi connectivity index (χ4n) is 5.13. The van der Waals surface area contributed by atoms with Crippen LogP contribution in [0.2, 0.25) is 0 Å². The van der Waals surface area contributed by atoms with Crippen LogP contribution in [0.3, 0.4) is 0 Å².